The lowest BCUT2D eigenvalue weighted by molar-refractivity contribution is -0.145. The predicted molar refractivity (Wildman–Crippen MR) is 165 cm³/mol. The number of carbonyl (C=O) groups excluding carboxylic acids is 3. The molecule has 1 saturated carbocycles. The number of benzene rings is 3. The van der Waals surface area contributed by atoms with Crippen LogP contribution in [0.15, 0.2) is 66.7 Å². The summed E-state index contributed by atoms with van der Waals surface area (Å²) in [6.45, 7) is 9.03. The van der Waals surface area contributed by atoms with Crippen LogP contribution in [-0.2, 0) is 20.7 Å². The van der Waals surface area contributed by atoms with Crippen molar-refractivity contribution in [2.24, 2.45) is 0 Å². The number of carbonyl (C=O) groups is 3. The zero-order valence-electron chi connectivity index (χ0n) is 25.4. The average Bonchev–Trinajstić information content (AvgIpc) is 2.90. The van der Waals surface area contributed by atoms with Gasteiger partial charge >= 0.3 is 6.09 Å². The predicted octanol–water partition coefficient (Wildman–Crippen LogP) is 5.91. The maximum absolute atomic E-state index is 14.6. The van der Waals surface area contributed by atoms with E-state index in [1.165, 1.54) is 24.3 Å². The molecule has 0 bridgehead atoms. The number of anilines is 1. The van der Waals surface area contributed by atoms with Crippen LogP contribution in [0.5, 0.6) is 11.5 Å². The molecule has 9 nitrogen and oxygen atoms in total. The number of rotatable bonds is 9. The molecule has 9 heteroatoms. The Bertz CT molecular complexity index is 1420. The highest BCUT2D eigenvalue weighted by Gasteiger charge is 2.42. The largest absolute Gasteiger partial charge is 0.508 e. The molecule has 228 valence electrons. The van der Waals surface area contributed by atoms with Crippen LogP contribution in [0.25, 0.3) is 0 Å². The van der Waals surface area contributed by atoms with E-state index in [1.807, 2.05) is 32.0 Å². The van der Waals surface area contributed by atoms with Crippen molar-refractivity contribution < 1.29 is 29.3 Å². The molecule has 1 fully saturated rings. The van der Waals surface area contributed by atoms with Crippen LogP contribution in [0.2, 0.25) is 0 Å². The molecule has 0 saturated heterocycles. The highest BCUT2D eigenvalue weighted by molar-refractivity contribution is 6.00. The van der Waals surface area contributed by atoms with Gasteiger partial charge in [0.05, 0.1) is 0 Å². The van der Waals surface area contributed by atoms with Crippen molar-refractivity contribution in [1.29, 1.82) is 0 Å². The minimum absolute atomic E-state index is 0.0379. The van der Waals surface area contributed by atoms with Crippen molar-refractivity contribution in [2.45, 2.75) is 84.0 Å². The van der Waals surface area contributed by atoms with Crippen molar-refractivity contribution in [3.63, 3.8) is 0 Å². The maximum atomic E-state index is 14.6. The number of nitrogens with zero attached hydrogens (tertiary/aromatic N) is 1. The number of para-hydroxylation sites is 1. The number of ether oxygens (including phenoxy) is 1. The summed E-state index contributed by atoms with van der Waals surface area (Å²) >= 11 is 0. The first-order chi connectivity index (χ1) is 20.3. The van der Waals surface area contributed by atoms with E-state index in [0.29, 0.717) is 29.7 Å². The van der Waals surface area contributed by atoms with Crippen LogP contribution in [0.3, 0.4) is 0 Å². The van der Waals surface area contributed by atoms with Crippen LogP contribution >= 0.6 is 0 Å². The van der Waals surface area contributed by atoms with Crippen molar-refractivity contribution >= 4 is 23.6 Å². The molecule has 0 aliphatic heterocycles. The van der Waals surface area contributed by atoms with Crippen molar-refractivity contribution in [1.82, 2.24) is 10.2 Å². The third-order valence-electron chi connectivity index (χ3n) is 7.55. The molecule has 2 atom stereocenters. The number of phenols is 2. The van der Waals surface area contributed by atoms with Crippen molar-refractivity contribution in [3.8, 4) is 11.5 Å². The lowest BCUT2D eigenvalue weighted by Gasteiger charge is -2.43. The van der Waals surface area contributed by atoms with Gasteiger partial charge in [-0.3, -0.25) is 9.59 Å². The Morgan fingerprint density at radius 3 is 1.98 bits per heavy atom. The Balaban J connectivity index is 1.76. The van der Waals surface area contributed by atoms with E-state index in [-0.39, 0.29) is 24.0 Å². The molecule has 0 heterocycles. The molecule has 4 N–H and O–H groups in total. The zero-order chi connectivity index (χ0) is 31.3. The highest BCUT2D eigenvalue weighted by atomic mass is 16.6. The van der Waals surface area contributed by atoms with E-state index in [4.69, 9.17) is 4.74 Å². The Morgan fingerprint density at radius 2 is 1.47 bits per heavy atom. The minimum Gasteiger partial charge on any atom is -0.508 e. The van der Waals surface area contributed by atoms with Gasteiger partial charge in [-0.2, -0.15) is 0 Å². The zero-order valence-corrected chi connectivity index (χ0v) is 25.4. The number of hydrogen-bond donors (Lipinski definition) is 4. The second kappa shape index (κ2) is 13.2. The van der Waals surface area contributed by atoms with Gasteiger partial charge in [0.25, 0.3) is 5.91 Å². The number of phenolic OH excluding ortho intramolecular Hbond substituents is 2. The lowest BCUT2D eigenvalue weighted by atomic mass is 9.87. The van der Waals surface area contributed by atoms with Crippen LogP contribution < -0.4 is 10.6 Å². The molecule has 4 rings (SSSR count). The van der Waals surface area contributed by atoms with Gasteiger partial charge in [-0.1, -0.05) is 42.5 Å². The quantitative estimate of drug-likeness (QED) is 0.246. The first kappa shape index (κ1) is 31.4. The molecule has 3 amide bonds. The smallest absolute Gasteiger partial charge is 0.408 e. The molecule has 3 aromatic rings. The number of nitrogens with one attached hydrogen (secondary N) is 2. The fourth-order valence-corrected chi connectivity index (χ4v) is 5.18. The number of amides is 3. The molecular formula is C34H41N3O6. The van der Waals surface area contributed by atoms with Gasteiger partial charge in [0.2, 0.25) is 5.91 Å². The van der Waals surface area contributed by atoms with Gasteiger partial charge in [0.1, 0.15) is 29.2 Å². The first-order valence-electron chi connectivity index (χ1n) is 14.6. The van der Waals surface area contributed by atoms with Gasteiger partial charge < -0.3 is 30.5 Å². The number of alkyl carbamates (subject to hydrolysis) is 1. The lowest BCUT2D eigenvalue weighted by Crippen LogP contribution is -2.57. The third-order valence-corrected chi connectivity index (χ3v) is 7.55. The Kier molecular flexibility index (Phi) is 9.63. The Morgan fingerprint density at radius 1 is 0.907 bits per heavy atom. The summed E-state index contributed by atoms with van der Waals surface area (Å²) in [6, 6.07) is 16.1. The van der Waals surface area contributed by atoms with E-state index in [9.17, 15) is 24.6 Å². The van der Waals surface area contributed by atoms with Crippen LogP contribution in [0.4, 0.5) is 10.5 Å². The van der Waals surface area contributed by atoms with Crippen LogP contribution in [0, 0.1) is 13.8 Å². The second-order valence-corrected chi connectivity index (χ2v) is 12.1. The molecule has 0 spiro atoms. The van der Waals surface area contributed by atoms with Gasteiger partial charge in [0, 0.05) is 18.2 Å². The molecule has 3 aromatic carbocycles. The van der Waals surface area contributed by atoms with Gasteiger partial charge in [0.15, 0.2) is 0 Å². The molecule has 1 aliphatic carbocycles. The summed E-state index contributed by atoms with van der Waals surface area (Å²) < 4.78 is 5.50. The Hall–Kier alpha value is -4.53. The third kappa shape index (κ3) is 8.06. The summed E-state index contributed by atoms with van der Waals surface area (Å²) in [7, 11) is 0. The van der Waals surface area contributed by atoms with E-state index in [1.54, 1.807) is 49.9 Å². The number of hydrogen-bond acceptors (Lipinski definition) is 6. The summed E-state index contributed by atoms with van der Waals surface area (Å²) in [4.78, 5) is 43.4. The molecule has 0 aromatic heterocycles. The van der Waals surface area contributed by atoms with Crippen LogP contribution in [0.1, 0.15) is 68.3 Å². The summed E-state index contributed by atoms with van der Waals surface area (Å²) in [5.74, 6) is -0.711. The van der Waals surface area contributed by atoms with E-state index >= 15 is 0 Å². The highest BCUT2D eigenvalue weighted by Crippen LogP contribution is 2.35. The SMILES string of the molecule is Cc1cccc(C)c1NC(=O)C(c1ccc(O)cc1)N(C(=O)C(Cc1ccc(O)cc1)NC(=O)OC(C)(C)C)C1CCC1. The topological polar surface area (TPSA) is 128 Å². The van der Waals surface area contributed by atoms with E-state index in [2.05, 4.69) is 10.6 Å². The Labute approximate surface area is 252 Å². The molecule has 43 heavy (non-hydrogen) atoms. The summed E-state index contributed by atoms with van der Waals surface area (Å²) in [6.07, 6.45) is 1.67. The van der Waals surface area contributed by atoms with Crippen molar-refractivity contribution in [3.05, 3.63) is 89.0 Å². The first-order valence-corrected chi connectivity index (χ1v) is 14.6. The summed E-state index contributed by atoms with van der Waals surface area (Å²) in [5.41, 5.74) is 2.89. The van der Waals surface area contributed by atoms with E-state index in [0.717, 1.165) is 17.5 Å². The monoisotopic (exact) mass is 587 g/mol. The van der Waals surface area contributed by atoms with Gasteiger partial charge in [-0.15, -0.1) is 0 Å². The fourth-order valence-electron chi connectivity index (χ4n) is 5.18. The number of aromatic hydroxyl groups is 2. The standard InChI is InChI=1S/C34H41N3O6/c1-21-8-6-9-22(2)29(21)36-31(40)30(24-14-18-27(39)19-15-24)37(25-10-7-11-25)32(41)28(35-33(42)43-34(3,4)5)20-23-12-16-26(38)17-13-23/h6,8-9,12-19,25,28,30,38-39H,7,10-11,20H2,1-5H3,(H,35,42)(H,36,40). The van der Waals surface area contributed by atoms with Gasteiger partial charge in [-0.25, -0.2) is 4.79 Å². The number of aryl methyl sites for hydroxylation is 2. The molecule has 2 unspecified atom stereocenters. The minimum atomic E-state index is -1.06. The molecular weight excluding hydrogens is 546 g/mol. The van der Waals surface area contributed by atoms with Gasteiger partial charge in [-0.05, 0) is 100 Å². The second-order valence-electron chi connectivity index (χ2n) is 12.1. The normalized spacial score (nSPS) is 14.6. The molecule has 0 radical (unpaired) electrons. The summed E-state index contributed by atoms with van der Waals surface area (Å²) in [5, 5.41) is 25.6. The molecule has 1 aliphatic rings. The van der Waals surface area contributed by atoms with E-state index < -0.39 is 35.6 Å². The maximum Gasteiger partial charge on any atom is 0.408 e. The average molecular weight is 588 g/mol. The van der Waals surface area contributed by atoms with Crippen LogP contribution in [-0.4, -0.2) is 50.7 Å². The van der Waals surface area contributed by atoms with Crippen molar-refractivity contribution in [2.75, 3.05) is 5.32 Å². The fraction of sp³-hybridized carbons (Fsp3) is 0.382.